The number of hydrogen-bond acceptors (Lipinski definition) is 6. The molecule has 112 valence electrons. The number of methoxy groups -OCH3 is 1. The van der Waals surface area contributed by atoms with E-state index in [-0.39, 0.29) is 6.04 Å². The Balaban J connectivity index is 1.97. The van der Waals surface area contributed by atoms with E-state index in [0.717, 1.165) is 34.4 Å². The van der Waals surface area contributed by atoms with Crippen molar-refractivity contribution in [2.75, 3.05) is 13.7 Å². The molecule has 3 heterocycles. The maximum Gasteiger partial charge on any atom is 0.360 e. The Morgan fingerprint density at radius 1 is 1.67 bits per heavy atom. The Morgan fingerprint density at radius 2 is 2.52 bits per heavy atom. The molecule has 0 spiro atoms. The summed E-state index contributed by atoms with van der Waals surface area (Å²) in [5, 5.41) is 13.6. The molecule has 2 aromatic rings. The summed E-state index contributed by atoms with van der Waals surface area (Å²) >= 11 is 5.17. The average Bonchev–Trinajstić information content (AvgIpc) is 3.20. The standard InChI is InChI=1S/C13H15BrN4O2S/c1-20-13(19)11-12(9-3-2-5-15-9)18(17-16-11)7-10-8(14)4-6-21-10/h4,6,9,15H,2-3,5,7H2,1H3. The first kappa shape index (κ1) is 14.7. The van der Waals surface area contributed by atoms with E-state index in [1.165, 1.54) is 7.11 Å². The molecule has 1 aliphatic rings. The molecule has 1 unspecified atom stereocenters. The van der Waals surface area contributed by atoms with Crippen molar-refractivity contribution < 1.29 is 9.53 Å². The first-order valence-electron chi connectivity index (χ1n) is 6.67. The molecule has 21 heavy (non-hydrogen) atoms. The number of rotatable bonds is 4. The third-order valence-corrected chi connectivity index (χ3v) is 5.44. The van der Waals surface area contributed by atoms with E-state index in [9.17, 15) is 4.79 Å². The molecule has 3 rings (SSSR count). The van der Waals surface area contributed by atoms with Gasteiger partial charge in [0.15, 0.2) is 5.69 Å². The number of nitrogens with one attached hydrogen (secondary N) is 1. The number of aromatic nitrogens is 3. The van der Waals surface area contributed by atoms with Gasteiger partial charge in [0.2, 0.25) is 0 Å². The number of esters is 1. The fourth-order valence-corrected chi connectivity index (χ4v) is 3.97. The van der Waals surface area contributed by atoms with E-state index in [1.807, 2.05) is 11.4 Å². The summed E-state index contributed by atoms with van der Waals surface area (Å²) in [6.45, 7) is 1.54. The molecule has 0 aromatic carbocycles. The van der Waals surface area contributed by atoms with Crippen LogP contribution in [0.3, 0.4) is 0 Å². The summed E-state index contributed by atoms with van der Waals surface area (Å²) in [5.41, 5.74) is 1.13. The maximum atomic E-state index is 11.9. The van der Waals surface area contributed by atoms with Crippen LogP contribution in [0.4, 0.5) is 0 Å². The van der Waals surface area contributed by atoms with Gasteiger partial charge in [-0.25, -0.2) is 9.48 Å². The van der Waals surface area contributed by atoms with Gasteiger partial charge in [0.25, 0.3) is 0 Å². The monoisotopic (exact) mass is 370 g/mol. The molecule has 8 heteroatoms. The summed E-state index contributed by atoms with van der Waals surface area (Å²) in [6.07, 6.45) is 2.06. The average molecular weight is 371 g/mol. The Morgan fingerprint density at radius 3 is 3.14 bits per heavy atom. The van der Waals surface area contributed by atoms with Crippen LogP contribution in [0.5, 0.6) is 0 Å². The van der Waals surface area contributed by atoms with Gasteiger partial charge in [-0.2, -0.15) is 0 Å². The first-order chi connectivity index (χ1) is 10.2. The minimum absolute atomic E-state index is 0.104. The Kier molecular flexibility index (Phi) is 4.37. The van der Waals surface area contributed by atoms with Crippen molar-refractivity contribution in [1.82, 2.24) is 20.3 Å². The summed E-state index contributed by atoms with van der Waals surface area (Å²) in [6, 6.07) is 2.11. The van der Waals surface area contributed by atoms with Crippen LogP contribution in [0.25, 0.3) is 0 Å². The van der Waals surface area contributed by atoms with E-state index in [4.69, 9.17) is 4.74 Å². The lowest BCUT2D eigenvalue weighted by Crippen LogP contribution is -2.21. The van der Waals surface area contributed by atoms with Crippen LogP contribution >= 0.6 is 27.3 Å². The minimum Gasteiger partial charge on any atom is -0.464 e. The lowest BCUT2D eigenvalue weighted by Gasteiger charge is -2.13. The fraction of sp³-hybridized carbons (Fsp3) is 0.462. The minimum atomic E-state index is -0.435. The zero-order valence-electron chi connectivity index (χ0n) is 11.5. The van der Waals surface area contributed by atoms with E-state index < -0.39 is 5.97 Å². The van der Waals surface area contributed by atoms with Crippen molar-refractivity contribution in [2.45, 2.75) is 25.4 Å². The fourth-order valence-electron chi connectivity index (χ4n) is 2.52. The number of carbonyl (C=O) groups is 1. The van der Waals surface area contributed by atoms with Crippen LogP contribution < -0.4 is 5.32 Å². The Labute approximate surface area is 134 Å². The van der Waals surface area contributed by atoms with Crippen LogP contribution in [-0.4, -0.2) is 34.6 Å². The van der Waals surface area contributed by atoms with E-state index in [0.29, 0.717) is 12.2 Å². The van der Waals surface area contributed by atoms with Gasteiger partial charge < -0.3 is 10.1 Å². The van der Waals surface area contributed by atoms with Gasteiger partial charge in [-0.3, -0.25) is 0 Å². The number of nitrogens with zero attached hydrogens (tertiary/aromatic N) is 3. The van der Waals surface area contributed by atoms with Crippen molar-refractivity contribution in [2.24, 2.45) is 0 Å². The number of ether oxygens (including phenoxy) is 1. The molecule has 0 aliphatic carbocycles. The zero-order valence-corrected chi connectivity index (χ0v) is 13.9. The highest BCUT2D eigenvalue weighted by molar-refractivity contribution is 9.10. The highest BCUT2D eigenvalue weighted by Gasteiger charge is 2.29. The molecule has 1 fully saturated rings. The van der Waals surface area contributed by atoms with Gasteiger partial charge in [-0.1, -0.05) is 5.21 Å². The first-order valence-corrected chi connectivity index (χ1v) is 8.35. The molecule has 0 bridgehead atoms. The predicted molar refractivity (Wildman–Crippen MR) is 82.5 cm³/mol. The second-order valence-corrected chi connectivity index (χ2v) is 6.67. The van der Waals surface area contributed by atoms with Gasteiger partial charge in [0, 0.05) is 9.35 Å². The Bertz CT molecular complexity index is 648. The van der Waals surface area contributed by atoms with Crippen LogP contribution in [0.15, 0.2) is 15.9 Å². The quantitative estimate of drug-likeness (QED) is 0.836. The second-order valence-electron chi connectivity index (χ2n) is 4.81. The van der Waals surface area contributed by atoms with Crippen molar-refractivity contribution >= 4 is 33.2 Å². The summed E-state index contributed by atoms with van der Waals surface area (Å²) in [4.78, 5) is 13.0. The number of hydrogen-bond donors (Lipinski definition) is 1. The predicted octanol–water partition coefficient (Wildman–Crippen LogP) is 2.36. The van der Waals surface area contributed by atoms with E-state index in [2.05, 4.69) is 31.6 Å². The molecule has 0 saturated carbocycles. The summed E-state index contributed by atoms with van der Waals surface area (Å²) in [5.74, 6) is -0.435. The van der Waals surface area contributed by atoms with Crippen molar-refractivity contribution in [3.8, 4) is 0 Å². The van der Waals surface area contributed by atoms with Gasteiger partial charge >= 0.3 is 5.97 Å². The number of carbonyl (C=O) groups excluding carboxylic acids is 1. The highest BCUT2D eigenvalue weighted by Crippen LogP contribution is 2.28. The van der Waals surface area contributed by atoms with Gasteiger partial charge in [0.1, 0.15) is 0 Å². The summed E-state index contributed by atoms with van der Waals surface area (Å²) < 4.78 is 7.67. The molecule has 1 saturated heterocycles. The molecular weight excluding hydrogens is 356 g/mol. The van der Waals surface area contributed by atoms with Crippen molar-refractivity contribution in [3.05, 3.63) is 32.2 Å². The SMILES string of the molecule is COC(=O)c1nnn(Cc2sccc2Br)c1C1CCCN1. The highest BCUT2D eigenvalue weighted by atomic mass is 79.9. The summed E-state index contributed by atoms with van der Waals surface area (Å²) in [7, 11) is 1.36. The second kappa shape index (κ2) is 6.25. The van der Waals surface area contributed by atoms with Gasteiger partial charge in [-0.15, -0.1) is 16.4 Å². The van der Waals surface area contributed by atoms with E-state index >= 15 is 0 Å². The maximum absolute atomic E-state index is 11.9. The lowest BCUT2D eigenvalue weighted by atomic mass is 10.1. The molecule has 1 N–H and O–H groups in total. The molecule has 1 aliphatic heterocycles. The molecule has 0 amide bonds. The topological polar surface area (TPSA) is 69.0 Å². The van der Waals surface area contributed by atoms with Crippen LogP contribution in [0.2, 0.25) is 0 Å². The van der Waals surface area contributed by atoms with Crippen LogP contribution in [0.1, 0.15) is 39.9 Å². The largest absolute Gasteiger partial charge is 0.464 e. The van der Waals surface area contributed by atoms with Crippen LogP contribution in [0, 0.1) is 0 Å². The molecule has 1 atom stereocenters. The molecule has 0 radical (unpaired) electrons. The smallest absolute Gasteiger partial charge is 0.360 e. The van der Waals surface area contributed by atoms with E-state index in [1.54, 1.807) is 16.0 Å². The normalized spacial score (nSPS) is 18.1. The molecular formula is C13H15BrN4O2S. The van der Waals surface area contributed by atoms with Crippen molar-refractivity contribution in [1.29, 1.82) is 0 Å². The third-order valence-electron chi connectivity index (χ3n) is 3.53. The Hall–Kier alpha value is -1.25. The molecule has 6 nitrogen and oxygen atoms in total. The van der Waals surface area contributed by atoms with Crippen LogP contribution in [-0.2, 0) is 11.3 Å². The van der Waals surface area contributed by atoms with Crippen molar-refractivity contribution in [3.63, 3.8) is 0 Å². The lowest BCUT2D eigenvalue weighted by molar-refractivity contribution is 0.0591. The number of thiophene rings is 1. The number of halogens is 1. The van der Waals surface area contributed by atoms with Gasteiger partial charge in [0.05, 0.1) is 25.4 Å². The third kappa shape index (κ3) is 2.88. The zero-order chi connectivity index (χ0) is 14.8. The van der Waals surface area contributed by atoms with Gasteiger partial charge in [-0.05, 0) is 46.8 Å². The molecule has 2 aromatic heterocycles.